The van der Waals surface area contributed by atoms with Gasteiger partial charge in [-0.15, -0.1) is 0 Å². The fourth-order valence-electron chi connectivity index (χ4n) is 9.74. The molecule has 10 aromatic carbocycles. The van der Waals surface area contributed by atoms with Gasteiger partial charge in [0.25, 0.3) is 0 Å². The molecule has 0 heterocycles. The molecule has 0 saturated heterocycles. The zero-order chi connectivity index (χ0) is 35.3. The standard InChI is InChI=1S/C53H36/c1-53(2)51-40-18-6-4-14-34(40)29-30-47(51)46-24-12-23-41(52(46)53)36-15-11-16-37(31-36)49-42-19-7-9-21-44(42)50(45-22-10-8-20-43(45)49)38-28-27-35-26-25-33-13-3-5-17-39(33)48(35)32-38/h3-32H,1-2H3. The molecule has 1 aliphatic rings. The molecule has 10 aromatic rings. The summed E-state index contributed by atoms with van der Waals surface area (Å²) in [6.45, 7) is 4.82. The Labute approximate surface area is 309 Å². The molecule has 0 fully saturated rings. The molecule has 0 bridgehead atoms. The zero-order valence-electron chi connectivity index (χ0n) is 29.8. The summed E-state index contributed by atoms with van der Waals surface area (Å²) in [4.78, 5) is 0. The number of fused-ring (bicyclic) bond motifs is 10. The first-order chi connectivity index (χ1) is 26.1. The Morgan fingerprint density at radius 3 is 1.42 bits per heavy atom. The first-order valence-electron chi connectivity index (χ1n) is 18.7. The molecule has 248 valence electrons. The van der Waals surface area contributed by atoms with E-state index < -0.39 is 0 Å². The lowest BCUT2D eigenvalue weighted by atomic mass is 9.77. The van der Waals surface area contributed by atoms with E-state index in [1.54, 1.807) is 0 Å². The van der Waals surface area contributed by atoms with E-state index in [9.17, 15) is 0 Å². The average molecular weight is 673 g/mol. The molecule has 0 N–H and O–H groups in total. The third-order valence-corrected chi connectivity index (χ3v) is 12.0. The van der Waals surface area contributed by atoms with Gasteiger partial charge in [-0.2, -0.15) is 0 Å². The average Bonchev–Trinajstić information content (AvgIpc) is 3.46. The first kappa shape index (κ1) is 30.2. The molecule has 0 radical (unpaired) electrons. The van der Waals surface area contributed by atoms with Gasteiger partial charge in [-0.1, -0.05) is 184 Å². The van der Waals surface area contributed by atoms with Crippen molar-refractivity contribution < 1.29 is 0 Å². The summed E-state index contributed by atoms with van der Waals surface area (Å²) in [5.74, 6) is 0. The van der Waals surface area contributed by atoms with Gasteiger partial charge in [0.1, 0.15) is 0 Å². The van der Waals surface area contributed by atoms with Crippen LogP contribution in [0.3, 0.4) is 0 Å². The second kappa shape index (κ2) is 11.2. The highest BCUT2D eigenvalue weighted by Crippen LogP contribution is 2.54. The van der Waals surface area contributed by atoms with Crippen molar-refractivity contribution in [3.63, 3.8) is 0 Å². The fraction of sp³-hybridized carbons (Fsp3) is 0.0566. The lowest BCUT2D eigenvalue weighted by molar-refractivity contribution is 0.668. The molecular formula is C53H36. The molecule has 0 amide bonds. The summed E-state index contributed by atoms with van der Waals surface area (Å²) in [6.07, 6.45) is 0. The van der Waals surface area contributed by atoms with Crippen LogP contribution in [-0.2, 0) is 5.41 Å². The molecular weight excluding hydrogens is 637 g/mol. The number of hydrogen-bond acceptors (Lipinski definition) is 0. The van der Waals surface area contributed by atoms with Crippen LogP contribution >= 0.6 is 0 Å². The molecule has 0 atom stereocenters. The van der Waals surface area contributed by atoms with Crippen LogP contribution in [0, 0.1) is 0 Å². The fourth-order valence-corrected chi connectivity index (χ4v) is 9.74. The maximum absolute atomic E-state index is 2.43. The summed E-state index contributed by atoms with van der Waals surface area (Å²) < 4.78 is 0. The molecule has 1 aliphatic carbocycles. The normalized spacial score (nSPS) is 13.2. The predicted molar refractivity (Wildman–Crippen MR) is 228 cm³/mol. The van der Waals surface area contributed by atoms with Gasteiger partial charge in [0.15, 0.2) is 0 Å². The van der Waals surface area contributed by atoms with Gasteiger partial charge < -0.3 is 0 Å². The van der Waals surface area contributed by atoms with Crippen LogP contribution in [0.1, 0.15) is 25.0 Å². The van der Waals surface area contributed by atoms with Crippen molar-refractivity contribution in [2.45, 2.75) is 19.3 Å². The zero-order valence-corrected chi connectivity index (χ0v) is 29.8. The Balaban J connectivity index is 1.13. The van der Waals surface area contributed by atoms with Gasteiger partial charge in [0.2, 0.25) is 0 Å². The highest BCUT2D eigenvalue weighted by atomic mass is 14.4. The predicted octanol–water partition coefficient (Wildman–Crippen LogP) is 14.8. The van der Waals surface area contributed by atoms with E-state index in [0.717, 1.165) is 0 Å². The van der Waals surface area contributed by atoms with E-state index in [4.69, 9.17) is 0 Å². The van der Waals surface area contributed by atoms with Crippen LogP contribution in [0.2, 0.25) is 0 Å². The van der Waals surface area contributed by atoms with E-state index in [1.165, 1.54) is 109 Å². The summed E-state index contributed by atoms with van der Waals surface area (Å²) in [5, 5.41) is 12.9. The monoisotopic (exact) mass is 672 g/mol. The molecule has 0 aliphatic heterocycles. The van der Waals surface area contributed by atoms with Crippen molar-refractivity contribution >= 4 is 53.9 Å². The maximum Gasteiger partial charge on any atom is 0.0171 e. The highest BCUT2D eigenvalue weighted by molar-refractivity contribution is 6.22. The van der Waals surface area contributed by atoms with Gasteiger partial charge in [-0.25, -0.2) is 0 Å². The van der Waals surface area contributed by atoms with Crippen LogP contribution in [0.5, 0.6) is 0 Å². The van der Waals surface area contributed by atoms with Gasteiger partial charge >= 0.3 is 0 Å². The molecule has 0 heteroatoms. The van der Waals surface area contributed by atoms with Gasteiger partial charge in [-0.3, -0.25) is 0 Å². The third kappa shape index (κ3) is 4.36. The Kier molecular flexibility index (Phi) is 6.40. The van der Waals surface area contributed by atoms with E-state index >= 15 is 0 Å². The second-order valence-electron chi connectivity index (χ2n) is 15.2. The van der Waals surface area contributed by atoms with Gasteiger partial charge in [0.05, 0.1) is 0 Å². The van der Waals surface area contributed by atoms with Crippen LogP contribution in [0.25, 0.3) is 98.4 Å². The number of hydrogen-bond donors (Lipinski definition) is 0. The van der Waals surface area contributed by atoms with Crippen LogP contribution < -0.4 is 0 Å². The topological polar surface area (TPSA) is 0 Å². The quantitative estimate of drug-likeness (QED) is 0.129. The SMILES string of the molecule is CC1(C)c2c(-c3cccc(-c4c5ccccc5c(-c5ccc6ccc7ccccc7c6c5)c5ccccc45)c3)cccc2-c2ccc3ccccc3c21. The molecule has 53 heavy (non-hydrogen) atoms. The molecule has 0 nitrogen and oxygen atoms in total. The van der Waals surface area contributed by atoms with Crippen molar-refractivity contribution in [2.24, 2.45) is 0 Å². The minimum Gasteiger partial charge on any atom is -0.0616 e. The van der Waals surface area contributed by atoms with Gasteiger partial charge in [-0.05, 0) is 122 Å². The Morgan fingerprint density at radius 1 is 0.283 bits per heavy atom. The minimum absolute atomic E-state index is 0.148. The maximum atomic E-state index is 2.43. The van der Waals surface area contributed by atoms with Crippen LogP contribution in [-0.4, -0.2) is 0 Å². The van der Waals surface area contributed by atoms with Crippen molar-refractivity contribution in [3.8, 4) is 44.5 Å². The Morgan fingerprint density at radius 2 is 0.736 bits per heavy atom. The molecule has 0 aromatic heterocycles. The summed E-state index contributed by atoms with van der Waals surface area (Å²) in [7, 11) is 0. The summed E-state index contributed by atoms with van der Waals surface area (Å²) in [6, 6.07) is 67.9. The Hall–Kier alpha value is -6.50. The van der Waals surface area contributed by atoms with E-state index in [0.29, 0.717) is 0 Å². The lowest BCUT2D eigenvalue weighted by Crippen LogP contribution is -2.16. The number of rotatable bonds is 3. The van der Waals surface area contributed by atoms with Crippen LogP contribution in [0.4, 0.5) is 0 Å². The second-order valence-corrected chi connectivity index (χ2v) is 15.2. The van der Waals surface area contributed by atoms with Crippen LogP contribution in [0.15, 0.2) is 182 Å². The minimum atomic E-state index is -0.148. The van der Waals surface area contributed by atoms with Crippen molar-refractivity contribution in [3.05, 3.63) is 193 Å². The van der Waals surface area contributed by atoms with E-state index in [-0.39, 0.29) is 5.41 Å². The van der Waals surface area contributed by atoms with Crippen molar-refractivity contribution in [2.75, 3.05) is 0 Å². The van der Waals surface area contributed by atoms with E-state index in [2.05, 4.69) is 196 Å². The smallest absolute Gasteiger partial charge is 0.0171 e. The summed E-state index contributed by atoms with van der Waals surface area (Å²) >= 11 is 0. The van der Waals surface area contributed by atoms with Gasteiger partial charge in [0, 0.05) is 5.41 Å². The highest BCUT2D eigenvalue weighted by Gasteiger charge is 2.38. The molecule has 0 spiro atoms. The largest absolute Gasteiger partial charge is 0.0616 e. The Bertz CT molecular complexity index is 3080. The number of benzene rings is 10. The van der Waals surface area contributed by atoms with Crippen molar-refractivity contribution in [1.82, 2.24) is 0 Å². The van der Waals surface area contributed by atoms with Crippen molar-refractivity contribution in [1.29, 1.82) is 0 Å². The summed E-state index contributed by atoms with van der Waals surface area (Å²) in [5.41, 5.74) is 13.0. The molecule has 0 unspecified atom stereocenters. The van der Waals surface area contributed by atoms with E-state index in [1.807, 2.05) is 0 Å². The lowest BCUT2D eigenvalue weighted by Gasteiger charge is -2.26. The molecule has 0 saturated carbocycles. The molecule has 11 rings (SSSR count). The third-order valence-electron chi connectivity index (χ3n) is 12.0. The first-order valence-corrected chi connectivity index (χ1v) is 18.7.